The molecule has 1 heterocycles. The van der Waals surface area contributed by atoms with Gasteiger partial charge in [-0.05, 0) is 43.5 Å². The van der Waals surface area contributed by atoms with E-state index in [9.17, 15) is 4.79 Å². The van der Waals surface area contributed by atoms with E-state index >= 15 is 0 Å². The fourth-order valence-electron chi connectivity index (χ4n) is 2.99. The first-order valence-electron chi connectivity index (χ1n) is 7.28. The molecule has 0 spiro atoms. The maximum absolute atomic E-state index is 12.4. The third-order valence-corrected chi connectivity index (χ3v) is 4.51. The van der Waals surface area contributed by atoms with Crippen LogP contribution in [0.15, 0.2) is 36.5 Å². The molecule has 1 N–H and O–H groups in total. The number of hydrogen-bond acceptors (Lipinski definition) is 2. The van der Waals surface area contributed by atoms with E-state index < -0.39 is 5.41 Å². The molecule has 1 saturated carbocycles. The van der Waals surface area contributed by atoms with Gasteiger partial charge in [0.15, 0.2) is 0 Å². The molecular weight excluding hydrogens is 286 g/mol. The van der Waals surface area contributed by atoms with E-state index in [0.29, 0.717) is 11.6 Å². The topological polar surface area (TPSA) is 42.1 Å². The Morgan fingerprint density at radius 3 is 2.57 bits per heavy atom. The van der Waals surface area contributed by atoms with Crippen molar-refractivity contribution in [3.8, 4) is 11.1 Å². The molecule has 1 fully saturated rings. The Bertz CT molecular complexity index is 641. The number of esters is 1. The lowest BCUT2D eigenvalue weighted by molar-refractivity contribution is -0.154. The summed E-state index contributed by atoms with van der Waals surface area (Å²) in [7, 11) is 0. The van der Waals surface area contributed by atoms with Crippen LogP contribution >= 0.6 is 11.6 Å². The van der Waals surface area contributed by atoms with Gasteiger partial charge in [-0.2, -0.15) is 0 Å². The lowest BCUT2D eigenvalue weighted by Crippen LogP contribution is -2.44. The molecular formula is C17H18ClNO2. The van der Waals surface area contributed by atoms with Crippen molar-refractivity contribution in [2.75, 3.05) is 6.61 Å². The standard InChI is InChI=1S/C17H18ClNO2/c1-2-21-16(20)17(9-3-10-17)15-14(8-11-19-15)12-4-6-13(18)7-5-12/h4-8,11,19H,2-3,9-10H2,1H3. The second-order valence-electron chi connectivity index (χ2n) is 5.43. The van der Waals surface area contributed by atoms with Crippen molar-refractivity contribution in [3.05, 3.63) is 47.2 Å². The van der Waals surface area contributed by atoms with Crippen LogP contribution in [0.5, 0.6) is 0 Å². The first-order chi connectivity index (χ1) is 10.2. The summed E-state index contributed by atoms with van der Waals surface area (Å²) in [6.07, 6.45) is 4.62. The summed E-state index contributed by atoms with van der Waals surface area (Å²) >= 11 is 5.95. The van der Waals surface area contributed by atoms with Crippen molar-refractivity contribution in [1.82, 2.24) is 4.98 Å². The third-order valence-electron chi connectivity index (χ3n) is 4.25. The molecule has 1 aliphatic carbocycles. The molecule has 3 rings (SSSR count). The summed E-state index contributed by atoms with van der Waals surface area (Å²) in [6, 6.07) is 9.70. The van der Waals surface area contributed by atoms with E-state index in [2.05, 4.69) is 4.98 Å². The molecule has 21 heavy (non-hydrogen) atoms. The van der Waals surface area contributed by atoms with Gasteiger partial charge in [0.2, 0.25) is 0 Å². The zero-order chi connectivity index (χ0) is 14.9. The molecule has 0 atom stereocenters. The average molecular weight is 304 g/mol. The summed E-state index contributed by atoms with van der Waals surface area (Å²) in [6.45, 7) is 2.26. The zero-order valence-electron chi connectivity index (χ0n) is 12.0. The molecule has 1 aromatic carbocycles. The maximum Gasteiger partial charge on any atom is 0.318 e. The third kappa shape index (κ3) is 2.36. The van der Waals surface area contributed by atoms with Gasteiger partial charge in [-0.25, -0.2) is 0 Å². The predicted octanol–water partition coefficient (Wildman–Crippen LogP) is 4.32. The number of aromatic amines is 1. The van der Waals surface area contributed by atoms with Crippen LogP contribution in [0.4, 0.5) is 0 Å². The number of hydrogen-bond donors (Lipinski definition) is 1. The summed E-state index contributed by atoms with van der Waals surface area (Å²) in [5.74, 6) is -0.117. The smallest absolute Gasteiger partial charge is 0.318 e. The van der Waals surface area contributed by atoms with E-state index in [1.807, 2.05) is 43.5 Å². The Balaban J connectivity index is 2.01. The maximum atomic E-state index is 12.4. The summed E-state index contributed by atoms with van der Waals surface area (Å²) in [5, 5.41) is 0.708. The van der Waals surface area contributed by atoms with Crippen LogP contribution in [0.3, 0.4) is 0 Å². The Morgan fingerprint density at radius 2 is 2.00 bits per heavy atom. The van der Waals surface area contributed by atoms with Crippen molar-refractivity contribution >= 4 is 17.6 Å². The normalized spacial score (nSPS) is 16.3. The molecule has 1 aliphatic rings. The molecule has 0 bridgehead atoms. The van der Waals surface area contributed by atoms with Gasteiger partial charge in [0.25, 0.3) is 0 Å². The molecule has 4 heteroatoms. The van der Waals surface area contributed by atoms with Gasteiger partial charge in [0.1, 0.15) is 5.41 Å². The molecule has 2 aromatic rings. The van der Waals surface area contributed by atoms with Crippen molar-refractivity contribution in [1.29, 1.82) is 0 Å². The largest absolute Gasteiger partial charge is 0.465 e. The summed E-state index contributed by atoms with van der Waals surface area (Å²) in [4.78, 5) is 15.7. The van der Waals surface area contributed by atoms with E-state index in [1.54, 1.807) is 0 Å². The van der Waals surface area contributed by atoms with Crippen LogP contribution in [0, 0.1) is 0 Å². The van der Waals surface area contributed by atoms with Crippen LogP contribution in [0.2, 0.25) is 5.02 Å². The van der Waals surface area contributed by atoms with Gasteiger partial charge >= 0.3 is 5.97 Å². The quantitative estimate of drug-likeness (QED) is 0.855. The Morgan fingerprint density at radius 1 is 1.29 bits per heavy atom. The highest BCUT2D eigenvalue weighted by molar-refractivity contribution is 6.30. The predicted molar refractivity (Wildman–Crippen MR) is 83.4 cm³/mol. The fraction of sp³-hybridized carbons (Fsp3) is 0.353. The molecule has 0 radical (unpaired) electrons. The van der Waals surface area contributed by atoms with Crippen LogP contribution in [-0.2, 0) is 14.9 Å². The Kier molecular flexibility index (Phi) is 3.77. The first-order valence-corrected chi connectivity index (χ1v) is 7.66. The number of nitrogens with one attached hydrogen (secondary N) is 1. The lowest BCUT2D eigenvalue weighted by atomic mass is 9.65. The number of halogens is 1. The number of carbonyl (C=O) groups is 1. The molecule has 3 nitrogen and oxygen atoms in total. The number of rotatable bonds is 4. The Labute approximate surface area is 129 Å². The fourth-order valence-corrected chi connectivity index (χ4v) is 3.12. The molecule has 0 unspecified atom stereocenters. The number of carbonyl (C=O) groups excluding carboxylic acids is 1. The van der Waals surface area contributed by atoms with Crippen molar-refractivity contribution < 1.29 is 9.53 Å². The minimum atomic E-state index is -0.505. The van der Waals surface area contributed by atoms with Crippen molar-refractivity contribution in [2.24, 2.45) is 0 Å². The first kappa shape index (κ1) is 14.2. The molecule has 0 amide bonds. The van der Waals surface area contributed by atoms with Gasteiger partial charge in [0, 0.05) is 22.5 Å². The van der Waals surface area contributed by atoms with Gasteiger partial charge < -0.3 is 9.72 Å². The molecule has 0 aliphatic heterocycles. The van der Waals surface area contributed by atoms with Crippen LogP contribution < -0.4 is 0 Å². The summed E-state index contributed by atoms with van der Waals surface area (Å²) in [5.41, 5.74) is 2.58. The number of H-pyrrole nitrogens is 1. The van der Waals surface area contributed by atoms with Gasteiger partial charge in [0.05, 0.1) is 6.61 Å². The zero-order valence-corrected chi connectivity index (χ0v) is 12.7. The van der Waals surface area contributed by atoms with Gasteiger partial charge in [-0.1, -0.05) is 30.2 Å². The van der Waals surface area contributed by atoms with Crippen molar-refractivity contribution in [3.63, 3.8) is 0 Å². The number of aromatic nitrogens is 1. The SMILES string of the molecule is CCOC(=O)C1(c2[nH]ccc2-c2ccc(Cl)cc2)CCC1. The molecule has 110 valence electrons. The van der Waals surface area contributed by atoms with E-state index in [1.165, 1.54) is 0 Å². The number of ether oxygens (including phenoxy) is 1. The van der Waals surface area contributed by atoms with Crippen LogP contribution in [0.25, 0.3) is 11.1 Å². The van der Waals surface area contributed by atoms with E-state index in [4.69, 9.17) is 16.3 Å². The number of benzene rings is 1. The monoisotopic (exact) mass is 303 g/mol. The highest BCUT2D eigenvalue weighted by Crippen LogP contribution is 2.47. The average Bonchev–Trinajstić information content (AvgIpc) is 2.88. The van der Waals surface area contributed by atoms with E-state index in [0.717, 1.165) is 36.1 Å². The second kappa shape index (κ2) is 5.57. The molecule has 0 saturated heterocycles. The lowest BCUT2D eigenvalue weighted by Gasteiger charge is -2.39. The second-order valence-corrected chi connectivity index (χ2v) is 5.87. The van der Waals surface area contributed by atoms with Gasteiger partial charge in [-0.15, -0.1) is 0 Å². The highest BCUT2D eigenvalue weighted by atomic mass is 35.5. The minimum Gasteiger partial charge on any atom is -0.465 e. The van der Waals surface area contributed by atoms with Crippen LogP contribution in [-0.4, -0.2) is 17.6 Å². The van der Waals surface area contributed by atoms with Gasteiger partial charge in [-0.3, -0.25) is 4.79 Å². The van der Waals surface area contributed by atoms with E-state index in [-0.39, 0.29) is 5.97 Å². The summed E-state index contributed by atoms with van der Waals surface area (Å²) < 4.78 is 5.30. The molecule has 1 aromatic heterocycles. The Hall–Kier alpha value is -1.74. The van der Waals surface area contributed by atoms with Crippen LogP contribution in [0.1, 0.15) is 31.9 Å². The van der Waals surface area contributed by atoms with Crippen molar-refractivity contribution in [2.45, 2.75) is 31.6 Å². The minimum absolute atomic E-state index is 0.117. The highest BCUT2D eigenvalue weighted by Gasteiger charge is 2.49.